The van der Waals surface area contributed by atoms with Crippen LogP contribution in [0.25, 0.3) is 11.3 Å². The molecule has 1 aromatic carbocycles. The van der Waals surface area contributed by atoms with Crippen molar-refractivity contribution in [2.75, 3.05) is 0 Å². The van der Waals surface area contributed by atoms with E-state index in [1.54, 1.807) is 0 Å². The second-order valence-corrected chi connectivity index (χ2v) is 4.58. The molecule has 0 spiro atoms. The Morgan fingerprint density at radius 3 is 2.84 bits per heavy atom. The molecule has 1 amide bonds. The van der Waals surface area contributed by atoms with Crippen LogP contribution in [0, 0.1) is 6.92 Å². The highest BCUT2D eigenvalue weighted by Crippen LogP contribution is 2.20. The SMILES string of the molecule is CCC(=O)NCc1cccc(-c2cnc(C)n2C)c1. The number of hydrogen-bond acceptors (Lipinski definition) is 2. The standard InChI is InChI=1S/C15H19N3O/c1-4-15(19)17-9-12-6-5-7-13(8-12)14-10-16-11(2)18(14)3/h5-8,10H,4,9H2,1-3H3,(H,17,19). The minimum atomic E-state index is 0.0711. The maximum atomic E-state index is 11.3. The fraction of sp³-hybridized carbons (Fsp3) is 0.333. The fourth-order valence-corrected chi connectivity index (χ4v) is 1.94. The van der Waals surface area contributed by atoms with Crippen molar-refractivity contribution in [2.24, 2.45) is 7.05 Å². The minimum Gasteiger partial charge on any atom is -0.352 e. The molecule has 0 radical (unpaired) electrons. The molecule has 0 aliphatic rings. The molecule has 1 aromatic heterocycles. The highest BCUT2D eigenvalue weighted by Gasteiger charge is 2.06. The van der Waals surface area contributed by atoms with E-state index in [0.717, 1.165) is 22.6 Å². The van der Waals surface area contributed by atoms with E-state index in [0.29, 0.717) is 13.0 Å². The smallest absolute Gasteiger partial charge is 0.219 e. The van der Waals surface area contributed by atoms with Gasteiger partial charge in [0.25, 0.3) is 0 Å². The van der Waals surface area contributed by atoms with Crippen LogP contribution < -0.4 is 5.32 Å². The first-order valence-electron chi connectivity index (χ1n) is 6.46. The summed E-state index contributed by atoms with van der Waals surface area (Å²) in [6.07, 6.45) is 2.39. The van der Waals surface area contributed by atoms with Crippen LogP contribution in [0.5, 0.6) is 0 Å². The lowest BCUT2D eigenvalue weighted by Gasteiger charge is -2.07. The molecule has 0 saturated heterocycles. The van der Waals surface area contributed by atoms with Crippen LogP contribution in [0.1, 0.15) is 24.7 Å². The molecular weight excluding hydrogens is 238 g/mol. The van der Waals surface area contributed by atoms with Gasteiger partial charge in [0.15, 0.2) is 0 Å². The van der Waals surface area contributed by atoms with E-state index in [1.165, 1.54) is 0 Å². The molecule has 0 aliphatic heterocycles. The van der Waals surface area contributed by atoms with E-state index in [2.05, 4.69) is 27.0 Å². The summed E-state index contributed by atoms with van der Waals surface area (Å²) in [6, 6.07) is 8.17. The Morgan fingerprint density at radius 2 is 2.21 bits per heavy atom. The van der Waals surface area contributed by atoms with Crippen LogP contribution in [-0.4, -0.2) is 15.5 Å². The number of imidazole rings is 1. The van der Waals surface area contributed by atoms with Crippen molar-refractivity contribution in [1.82, 2.24) is 14.9 Å². The molecule has 1 heterocycles. The Hall–Kier alpha value is -2.10. The molecule has 0 atom stereocenters. The number of carbonyl (C=O) groups excluding carboxylic acids is 1. The van der Waals surface area contributed by atoms with Crippen molar-refractivity contribution in [3.63, 3.8) is 0 Å². The first-order valence-corrected chi connectivity index (χ1v) is 6.46. The summed E-state index contributed by atoms with van der Waals surface area (Å²) in [5.74, 6) is 1.06. The quantitative estimate of drug-likeness (QED) is 0.914. The van der Waals surface area contributed by atoms with Gasteiger partial charge >= 0.3 is 0 Å². The van der Waals surface area contributed by atoms with Gasteiger partial charge in [-0.25, -0.2) is 4.98 Å². The summed E-state index contributed by atoms with van der Waals surface area (Å²) >= 11 is 0. The van der Waals surface area contributed by atoms with Gasteiger partial charge in [0.1, 0.15) is 5.82 Å². The largest absolute Gasteiger partial charge is 0.352 e. The maximum absolute atomic E-state index is 11.3. The summed E-state index contributed by atoms with van der Waals surface area (Å²) in [5.41, 5.74) is 3.30. The van der Waals surface area contributed by atoms with E-state index in [4.69, 9.17) is 0 Å². The first kappa shape index (κ1) is 13.3. The van der Waals surface area contributed by atoms with E-state index < -0.39 is 0 Å². The topological polar surface area (TPSA) is 46.9 Å². The second-order valence-electron chi connectivity index (χ2n) is 4.58. The van der Waals surface area contributed by atoms with Gasteiger partial charge in [-0.3, -0.25) is 4.79 Å². The number of rotatable bonds is 4. The van der Waals surface area contributed by atoms with Crippen LogP contribution in [0.3, 0.4) is 0 Å². The van der Waals surface area contributed by atoms with Gasteiger partial charge in [-0.05, 0) is 18.6 Å². The first-order chi connectivity index (χ1) is 9.11. The Labute approximate surface area is 113 Å². The number of benzene rings is 1. The average Bonchev–Trinajstić information content (AvgIpc) is 2.76. The summed E-state index contributed by atoms with van der Waals surface area (Å²) in [4.78, 5) is 15.6. The van der Waals surface area contributed by atoms with E-state index in [-0.39, 0.29) is 5.91 Å². The van der Waals surface area contributed by atoms with Crippen LogP contribution >= 0.6 is 0 Å². The van der Waals surface area contributed by atoms with Gasteiger partial charge in [-0.1, -0.05) is 25.1 Å². The third kappa shape index (κ3) is 3.02. The third-order valence-corrected chi connectivity index (χ3v) is 3.25. The van der Waals surface area contributed by atoms with Gasteiger partial charge in [0.05, 0.1) is 11.9 Å². The second kappa shape index (κ2) is 5.69. The fourth-order valence-electron chi connectivity index (χ4n) is 1.94. The lowest BCUT2D eigenvalue weighted by molar-refractivity contribution is -0.120. The third-order valence-electron chi connectivity index (χ3n) is 3.25. The molecule has 0 bridgehead atoms. The van der Waals surface area contributed by atoms with Gasteiger partial charge in [0, 0.05) is 25.6 Å². The van der Waals surface area contributed by atoms with Crippen LogP contribution in [0.2, 0.25) is 0 Å². The van der Waals surface area contributed by atoms with Gasteiger partial charge in [-0.15, -0.1) is 0 Å². The lowest BCUT2D eigenvalue weighted by atomic mass is 10.1. The van der Waals surface area contributed by atoms with E-state index in [1.807, 2.05) is 39.2 Å². The molecule has 1 N–H and O–H groups in total. The number of nitrogens with one attached hydrogen (secondary N) is 1. The molecule has 0 saturated carbocycles. The van der Waals surface area contributed by atoms with Crippen LogP contribution in [0.15, 0.2) is 30.5 Å². The zero-order valence-electron chi connectivity index (χ0n) is 11.6. The monoisotopic (exact) mass is 257 g/mol. The molecule has 4 heteroatoms. The Morgan fingerprint density at radius 1 is 1.42 bits per heavy atom. The predicted octanol–water partition coefficient (Wildman–Crippen LogP) is 2.42. The van der Waals surface area contributed by atoms with Crippen LogP contribution in [0.4, 0.5) is 0 Å². The molecule has 0 aliphatic carbocycles. The number of amides is 1. The molecule has 100 valence electrons. The average molecular weight is 257 g/mol. The molecule has 4 nitrogen and oxygen atoms in total. The molecule has 19 heavy (non-hydrogen) atoms. The Bertz CT molecular complexity index is 587. The predicted molar refractivity (Wildman–Crippen MR) is 75.5 cm³/mol. The van der Waals surface area contributed by atoms with Crippen LogP contribution in [-0.2, 0) is 18.4 Å². The lowest BCUT2D eigenvalue weighted by Crippen LogP contribution is -2.21. The Balaban J connectivity index is 2.20. The summed E-state index contributed by atoms with van der Waals surface area (Å²) in [6.45, 7) is 4.40. The summed E-state index contributed by atoms with van der Waals surface area (Å²) in [7, 11) is 2.00. The van der Waals surface area contributed by atoms with Gasteiger partial charge in [0.2, 0.25) is 5.91 Å². The highest BCUT2D eigenvalue weighted by molar-refractivity contribution is 5.75. The molecule has 2 aromatic rings. The van der Waals surface area contributed by atoms with E-state index in [9.17, 15) is 4.79 Å². The molecule has 2 rings (SSSR count). The maximum Gasteiger partial charge on any atom is 0.219 e. The van der Waals surface area contributed by atoms with Crippen molar-refractivity contribution in [3.8, 4) is 11.3 Å². The molecule has 0 unspecified atom stereocenters. The minimum absolute atomic E-state index is 0.0711. The molecular formula is C15H19N3O. The zero-order chi connectivity index (χ0) is 13.8. The van der Waals surface area contributed by atoms with Crippen molar-refractivity contribution < 1.29 is 4.79 Å². The Kier molecular flexibility index (Phi) is 4.00. The normalized spacial score (nSPS) is 10.5. The van der Waals surface area contributed by atoms with Crippen molar-refractivity contribution >= 4 is 5.91 Å². The van der Waals surface area contributed by atoms with Crippen molar-refractivity contribution in [1.29, 1.82) is 0 Å². The molecule has 0 fully saturated rings. The number of nitrogens with zero attached hydrogens (tertiary/aromatic N) is 2. The summed E-state index contributed by atoms with van der Waals surface area (Å²) in [5, 5.41) is 2.89. The van der Waals surface area contributed by atoms with Crippen molar-refractivity contribution in [2.45, 2.75) is 26.8 Å². The highest BCUT2D eigenvalue weighted by atomic mass is 16.1. The number of aromatic nitrogens is 2. The van der Waals surface area contributed by atoms with Gasteiger partial charge in [-0.2, -0.15) is 0 Å². The van der Waals surface area contributed by atoms with Gasteiger partial charge < -0.3 is 9.88 Å². The number of aryl methyl sites for hydroxylation is 1. The zero-order valence-corrected chi connectivity index (χ0v) is 11.6. The van der Waals surface area contributed by atoms with E-state index >= 15 is 0 Å². The number of carbonyl (C=O) groups is 1. The number of hydrogen-bond donors (Lipinski definition) is 1. The summed E-state index contributed by atoms with van der Waals surface area (Å²) < 4.78 is 2.06. The van der Waals surface area contributed by atoms with Crippen molar-refractivity contribution in [3.05, 3.63) is 41.9 Å².